The molecule has 33 heavy (non-hydrogen) atoms. The molecule has 0 spiro atoms. The maximum atomic E-state index is 12.3. The van der Waals surface area contributed by atoms with Gasteiger partial charge in [0.1, 0.15) is 17.8 Å². The zero-order valence-electron chi connectivity index (χ0n) is 17.9. The second-order valence-corrected chi connectivity index (χ2v) is 8.69. The van der Waals surface area contributed by atoms with Gasteiger partial charge in [0, 0.05) is 23.0 Å². The van der Waals surface area contributed by atoms with Crippen LogP contribution in [0.1, 0.15) is 18.9 Å². The average molecular weight is 441 g/mol. The van der Waals surface area contributed by atoms with E-state index in [9.17, 15) is 4.79 Å². The third-order valence-corrected chi connectivity index (χ3v) is 6.58. The maximum Gasteiger partial charge on any atom is 0.323 e. The van der Waals surface area contributed by atoms with Crippen LogP contribution in [0.2, 0.25) is 0 Å². The Hall–Kier alpha value is -3.98. The molecule has 2 aliphatic rings. The van der Waals surface area contributed by atoms with Crippen molar-refractivity contribution >= 4 is 34.3 Å². The molecule has 2 aromatic heterocycles. The van der Waals surface area contributed by atoms with Crippen molar-refractivity contribution < 1.29 is 4.79 Å². The van der Waals surface area contributed by atoms with Crippen LogP contribution in [0.5, 0.6) is 0 Å². The lowest BCUT2D eigenvalue weighted by Crippen LogP contribution is -2.35. The van der Waals surface area contributed by atoms with Crippen molar-refractivity contribution in [1.29, 1.82) is 0 Å². The summed E-state index contributed by atoms with van der Waals surface area (Å²) in [7, 11) is 0. The Bertz CT molecular complexity index is 1320. The fourth-order valence-electron chi connectivity index (χ4n) is 5.05. The number of urea groups is 1. The normalized spacial score (nSPS) is 21.4. The summed E-state index contributed by atoms with van der Waals surface area (Å²) in [6, 6.07) is 17.2. The van der Waals surface area contributed by atoms with Crippen molar-refractivity contribution in [3.8, 4) is 11.3 Å². The molecule has 2 fully saturated rings. The zero-order valence-corrected chi connectivity index (χ0v) is 17.9. The van der Waals surface area contributed by atoms with Crippen LogP contribution < -0.4 is 21.7 Å². The molecule has 2 bridgehead atoms. The number of hydrogen-bond acceptors (Lipinski definition) is 6. The summed E-state index contributed by atoms with van der Waals surface area (Å²) >= 11 is 0. The number of carbonyl (C=O) groups is 1. The number of aromatic nitrogens is 4. The lowest BCUT2D eigenvalue weighted by molar-refractivity contribution is 0.262. The number of nitrogens with two attached hydrogens (primary N) is 1. The Morgan fingerprint density at radius 2 is 1.76 bits per heavy atom. The fraction of sp³-hybridized carbons (Fsp3) is 0.250. The molecule has 3 atom stereocenters. The summed E-state index contributed by atoms with van der Waals surface area (Å²) < 4.78 is 2.03. The van der Waals surface area contributed by atoms with Gasteiger partial charge in [-0.25, -0.2) is 19.4 Å². The number of nitrogens with zero attached hydrogens (tertiary/aromatic N) is 4. The first-order valence-corrected chi connectivity index (χ1v) is 11.1. The van der Waals surface area contributed by atoms with Crippen molar-refractivity contribution in [2.24, 2.45) is 5.92 Å². The molecule has 9 nitrogen and oxygen atoms in total. The van der Waals surface area contributed by atoms with Gasteiger partial charge in [-0.2, -0.15) is 5.10 Å². The Kier molecular flexibility index (Phi) is 4.69. The Morgan fingerprint density at radius 1 is 1.00 bits per heavy atom. The SMILES string of the molecule is Nc1ncnc2c1c(-c1ccc(NC(=O)Nc3ccccc3)cc1)nn2C1CC2CNC1C2. The van der Waals surface area contributed by atoms with Gasteiger partial charge in [-0.1, -0.05) is 30.3 Å². The summed E-state index contributed by atoms with van der Waals surface area (Å²) in [5, 5.41) is 15.0. The van der Waals surface area contributed by atoms with Gasteiger partial charge >= 0.3 is 6.03 Å². The topological polar surface area (TPSA) is 123 Å². The van der Waals surface area contributed by atoms with Crippen LogP contribution in [0.4, 0.5) is 22.0 Å². The first-order chi connectivity index (χ1) is 16.2. The van der Waals surface area contributed by atoms with Crippen LogP contribution in [0.3, 0.4) is 0 Å². The van der Waals surface area contributed by atoms with E-state index in [1.807, 2.05) is 59.3 Å². The molecular weight excluding hydrogens is 416 g/mol. The van der Waals surface area contributed by atoms with Crippen molar-refractivity contribution in [2.75, 3.05) is 22.9 Å². The predicted octanol–water partition coefficient (Wildman–Crippen LogP) is 3.64. The second-order valence-electron chi connectivity index (χ2n) is 8.69. The van der Waals surface area contributed by atoms with Crippen molar-refractivity contribution in [2.45, 2.75) is 24.9 Å². The van der Waals surface area contributed by atoms with E-state index in [1.165, 1.54) is 12.7 Å². The molecule has 9 heteroatoms. The van der Waals surface area contributed by atoms with Crippen LogP contribution in [0.25, 0.3) is 22.3 Å². The summed E-state index contributed by atoms with van der Waals surface area (Å²) in [5.74, 6) is 1.11. The first-order valence-electron chi connectivity index (χ1n) is 11.1. The van der Waals surface area contributed by atoms with E-state index in [4.69, 9.17) is 10.8 Å². The number of carbonyl (C=O) groups excluding carboxylic acids is 1. The molecule has 2 amide bonds. The number of piperidine rings is 1. The van der Waals surface area contributed by atoms with Crippen LogP contribution >= 0.6 is 0 Å². The standard InChI is InChI=1S/C24H24N8O/c25-22-20-21(31-32(23(20)28-13-27-22)19-11-14-10-18(19)26-12-14)15-6-8-17(9-7-15)30-24(33)29-16-4-2-1-3-5-16/h1-9,13-14,18-19,26H,10-12H2,(H2,25,27,28)(H2,29,30,33). The minimum atomic E-state index is -0.301. The van der Waals surface area contributed by atoms with Gasteiger partial charge in [0.2, 0.25) is 0 Å². The Labute approximate surface area is 190 Å². The van der Waals surface area contributed by atoms with E-state index in [0.717, 1.165) is 40.9 Å². The quantitative estimate of drug-likeness (QED) is 0.384. The van der Waals surface area contributed by atoms with Gasteiger partial charge in [0.25, 0.3) is 0 Å². The van der Waals surface area contributed by atoms with E-state index in [0.29, 0.717) is 23.5 Å². The smallest absolute Gasteiger partial charge is 0.323 e. The van der Waals surface area contributed by atoms with Gasteiger partial charge in [0.15, 0.2) is 5.65 Å². The molecule has 166 valence electrons. The number of hydrogen-bond donors (Lipinski definition) is 4. The molecule has 1 saturated heterocycles. The van der Waals surface area contributed by atoms with E-state index in [2.05, 4.69) is 25.9 Å². The molecule has 6 rings (SSSR count). The molecule has 3 heterocycles. The highest BCUT2D eigenvalue weighted by molar-refractivity contribution is 6.01. The lowest BCUT2D eigenvalue weighted by atomic mass is 10.1. The summed E-state index contributed by atoms with van der Waals surface area (Å²) in [4.78, 5) is 21.0. The van der Waals surface area contributed by atoms with Crippen LogP contribution in [0.15, 0.2) is 60.9 Å². The number of anilines is 3. The largest absolute Gasteiger partial charge is 0.383 e. The van der Waals surface area contributed by atoms with E-state index in [-0.39, 0.29) is 12.1 Å². The van der Waals surface area contributed by atoms with Crippen molar-refractivity contribution in [3.05, 3.63) is 60.9 Å². The highest BCUT2D eigenvalue weighted by Gasteiger charge is 2.42. The summed E-state index contributed by atoms with van der Waals surface area (Å²) in [6.07, 6.45) is 3.77. The Balaban J connectivity index is 1.28. The highest BCUT2D eigenvalue weighted by atomic mass is 16.2. The van der Waals surface area contributed by atoms with Crippen molar-refractivity contribution in [1.82, 2.24) is 25.1 Å². The van der Waals surface area contributed by atoms with E-state index >= 15 is 0 Å². The van der Waals surface area contributed by atoms with Gasteiger partial charge in [-0.15, -0.1) is 0 Å². The molecule has 3 unspecified atom stereocenters. The van der Waals surface area contributed by atoms with E-state index in [1.54, 1.807) is 0 Å². The third kappa shape index (κ3) is 3.56. The molecule has 1 aliphatic carbocycles. The number of amides is 2. The second kappa shape index (κ2) is 7.86. The summed E-state index contributed by atoms with van der Waals surface area (Å²) in [5.41, 5.74) is 10.1. The van der Waals surface area contributed by atoms with E-state index < -0.39 is 0 Å². The molecule has 1 aliphatic heterocycles. The number of fused-ring (bicyclic) bond motifs is 3. The molecule has 5 N–H and O–H groups in total. The van der Waals surface area contributed by atoms with Crippen LogP contribution in [-0.4, -0.2) is 38.4 Å². The summed E-state index contributed by atoms with van der Waals surface area (Å²) in [6.45, 7) is 1.08. The minimum absolute atomic E-state index is 0.261. The van der Waals surface area contributed by atoms with Gasteiger partial charge in [0.05, 0.1) is 11.4 Å². The van der Waals surface area contributed by atoms with Gasteiger partial charge in [-0.3, -0.25) is 0 Å². The number of rotatable bonds is 4. The molecule has 4 aromatic rings. The molecular formula is C24H24N8O. The number of nitrogen functional groups attached to an aromatic ring is 1. The van der Waals surface area contributed by atoms with Gasteiger partial charge < -0.3 is 21.7 Å². The highest BCUT2D eigenvalue weighted by Crippen LogP contribution is 2.42. The van der Waals surface area contributed by atoms with Gasteiger partial charge in [-0.05, 0) is 49.6 Å². The maximum absolute atomic E-state index is 12.3. The zero-order chi connectivity index (χ0) is 22.4. The minimum Gasteiger partial charge on any atom is -0.383 e. The lowest BCUT2D eigenvalue weighted by Gasteiger charge is -2.23. The van der Waals surface area contributed by atoms with Crippen LogP contribution in [0, 0.1) is 5.92 Å². The fourth-order valence-corrected chi connectivity index (χ4v) is 5.05. The Morgan fingerprint density at radius 3 is 2.45 bits per heavy atom. The number of para-hydroxylation sites is 1. The predicted molar refractivity (Wildman–Crippen MR) is 128 cm³/mol. The molecule has 2 aromatic carbocycles. The molecule has 0 radical (unpaired) electrons. The first kappa shape index (κ1) is 19.7. The molecule has 1 saturated carbocycles. The van der Waals surface area contributed by atoms with Crippen LogP contribution in [-0.2, 0) is 0 Å². The number of benzene rings is 2. The average Bonchev–Trinajstić information content (AvgIpc) is 3.55. The monoisotopic (exact) mass is 440 g/mol. The third-order valence-electron chi connectivity index (χ3n) is 6.58. The number of nitrogens with one attached hydrogen (secondary N) is 3. The van der Waals surface area contributed by atoms with Crippen molar-refractivity contribution in [3.63, 3.8) is 0 Å².